The van der Waals surface area contributed by atoms with E-state index in [9.17, 15) is 0 Å². The Bertz CT molecular complexity index is 2910. The zero-order chi connectivity index (χ0) is 35.8. The third-order valence-electron chi connectivity index (χ3n) is 10.5. The lowest BCUT2D eigenvalue weighted by Crippen LogP contribution is -2.11. The first kappa shape index (κ1) is 31.6. The van der Waals surface area contributed by atoms with Crippen LogP contribution in [0.2, 0.25) is 0 Å². The van der Waals surface area contributed by atoms with Gasteiger partial charge in [-0.05, 0) is 98.2 Å². The summed E-state index contributed by atoms with van der Waals surface area (Å²) in [5.74, 6) is 0. The molecule has 10 rings (SSSR count). The van der Waals surface area contributed by atoms with E-state index >= 15 is 0 Å². The maximum atomic E-state index is 6.56. The molecular weight excluding hydrogens is 655 g/mol. The first-order valence-electron chi connectivity index (χ1n) is 18.4. The summed E-state index contributed by atoms with van der Waals surface area (Å²) < 4.78 is 6.56. The zero-order valence-electron chi connectivity index (χ0n) is 29.6. The van der Waals surface area contributed by atoms with Crippen LogP contribution in [0.25, 0.3) is 77.2 Å². The third-order valence-corrected chi connectivity index (χ3v) is 10.5. The molecular formula is C52H35NO. The van der Waals surface area contributed by atoms with Crippen molar-refractivity contribution in [2.45, 2.75) is 0 Å². The molecule has 0 fully saturated rings. The highest BCUT2D eigenvalue weighted by molar-refractivity contribution is 6.18. The van der Waals surface area contributed by atoms with Gasteiger partial charge in [0.25, 0.3) is 0 Å². The molecule has 1 heterocycles. The summed E-state index contributed by atoms with van der Waals surface area (Å²) in [4.78, 5) is 2.41. The summed E-state index contributed by atoms with van der Waals surface area (Å²) in [6, 6.07) is 75.9. The minimum atomic E-state index is 0.865. The molecule has 0 aliphatic rings. The molecule has 0 amide bonds. The fraction of sp³-hybridized carbons (Fsp3) is 0. The Morgan fingerprint density at radius 3 is 1.61 bits per heavy atom. The maximum Gasteiger partial charge on any atom is 0.136 e. The van der Waals surface area contributed by atoms with E-state index in [4.69, 9.17) is 4.42 Å². The van der Waals surface area contributed by atoms with Gasteiger partial charge in [0.15, 0.2) is 0 Å². The third kappa shape index (κ3) is 5.62. The lowest BCUT2D eigenvalue weighted by molar-refractivity contribution is 0.669. The number of hydrogen-bond acceptors (Lipinski definition) is 2. The van der Waals surface area contributed by atoms with Crippen molar-refractivity contribution in [3.05, 3.63) is 212 Å². The summed E-state index contributed by atoms with van der Waals surface area (Å²) in [6.45, 7) is 0. The summed E-state index contributed by atoms with van der Waals surface area (Å²) in [6.07, 6.45) is 0. The van der Waals surface area contributed by atoms with Crippen LogP contribution in [0.5, 0.6) is 0 Å². The van der Waals surface area contributed by atoms with Gasteiger partial charge in [-0.15, -0.1) is 0 Å². The number of fused-ring (bicyclic) bond motifs is 4. The number of furan rings is 1. The van der Waals surface area contributed by atoms with Gasteiger partial charge in [0.2, 0.25) is 0 Å². The molecule has 9 aromatic carbocycles. The van der Waals surface area contributed by atoms with Gasteiger partial charge >= 0.3 is 0 Å². The topological polar surface area (TPSA) is 16.4 Å². The number of benzene rings is 9. The molecule has 2 heteroatoms. The number of rotatable bonds is 7. The van der Waals surface area contributed by atoms with Crippen LogP contribution in [0.15, 0.2) is 217 Å². The van der Waals surface area contributed by atoms with Gasteiger partial charge in [0.05, 0.1) is 5.69 Å². The molecule has 0 saturated carbocycles. The van der Waals surface area contributed by atoms with E-state index < -0.39 is 0 Å². The van der Waals surface area contributed by atoms with Gasteiger partial charge < -0.3 is 9.32 Å². The van der Waals surface area contributed by atoms with Crippen LogP contribution < -0.4 is 4.90 Å². The highest BCUT2D eigenvalue weighted by Gasteiger charge is 2.24. The molecule has 2 nitrogen and oxygen atoms in total. The average Bonchev–Trinajstić information content (AvgIpc) is 3.64. The maximum absolute atomic E-state index is 6.56. The molecule has 0 atom stereocenters. The first-order chi connectivity index (χ1) is 26.8. The van der Waals surface area contributed by atoms with Crippen LogP contribution in [0.3, 0.4) is 0 Å². The number of anilines is 3. The highest BCUT2D eigenvalue weighted by Crippen LogP contribution is 2.49. The van der Waals surface area contributed by atoms with Crippen molar-refractivity contribution in [2.75, 3.05) is 4.90 Å². The van der Waals surface area contributed by atoms with E-state index in [0.29, 0.717) is 0 Å². The van der Waals surface area contributed by atoms with Crippen molar-refractivity contribution in [3.63, 3.8) is 0 Å². The summed E-state index contributed by atoms with van der Waals surface area (Å²) in [7, 11) is 0. The van der Waals surface area contributed by atoms with Crippen molar-refractivity contribution in [2.24, 2.45) is 0 Å². The van der Waals surface area contributed by atoms with Gasteiger partial charge in [-0.2, -0.15) is 0 Å². The molecule has 0 aliphatic heterocycles. The second-order valence-corrected chi connectivity index (χ2v) is 13.7. The second-order valence-electron chi connectivity index (χ2n) is 13.7. The number of nitrogens with zero attached hydrogens (tertiary/aromatic N) is 1. The van der Waals surface area contributed by atoms with Crippen LogP contribution in [0.1, 0.15) is 0 Å². The summed E-state index contributed by atoms with van der Waals surface area (Å²) in [5, 5.41) is 4.58. The van der Waals surface area contributed by atoms with Crippen LogP contribution in [-0.2, 0) is 0 Å². The van der Waals surface area contributed by atoms with Crippen molar-refractivity contribution < 1.29 is 4.42 Å². The minimum absolute atomic E-state index is 0.865. The molecule has 10 aromatic rings. The lowest BCUT2D eigenvalue weighted by Gasteiger charge is -2.29. The van der Waals surface area contributed by atoms with Gasteiger partial charge in [0.1, 0.15) is 11.2 Å². The van der Waals surface area contributed by atoms with E-state index in [0.717, 1.165) is 50.1 Å². The lowest BCUT2D eigenvalue weighted by atomic mass is 9.90. The number of hydrogen-bond donors (Lipinski definition) is 0. The minimum Gasteiger partial charge on any atom is -0.456 e. The van der Waals surface area contributed by atoms with Crippen molar-refractivity contribution in [1.29, 1.82) is 0 Å². The molecule has 54 heavy (non-hydrogen) atoms. The Morgan fingerprint density at radius 1 is 0.333 bits per heavy atom. The average molecular weight is 690 g/mol. The van der Waals surface area contributed by atoms with E-state index in [1.165, 1.54) is 44.2 Å². The molecule has 254 valence electrons. The number of para-hydroxylation sites is 1. The Kier molecular flexibility index (Phi) is 7.85. The Hall–Kier alpha value is -7.16. The van der Waals surface area contributed by atoms with Crippen LogP contribution in [0, 0.1) is 0 Å². The highest BCUT2D eigenvalue weighted by atomic mass is 16.3. The van der Waals surface area contributed by atoms with Crippen LogP contribution in [-0.4, -0.2) is 0 Å². The quantitative estimate of drug-likeness (QED) is 0.166. The van der Waals surface area contributed by atoms with Crippen LogP contribution in [0.4, 0.5) is 17.1 Å². The Morgan fingerprint density at radius 2 is 0.870 bits per heavy atom. The molecule has 0 bridgehead atoms. The molecule has 0 radical (unpaired) electrons. The van der Waals surface area contributed by atoms with Gasteiger partial charge in [-0.1, -0.05) is 164 Å². The molecule has 0 spiro atoms. The van der Waals surface area contributed by atoms with Gasteiger partial charge in [-0.25, -0.2) is 0 Å². The molecule has 0 N–H and O–H groups in total. The largest absolute Gasteiger partial charge is 0.456 e. The van der Waals surface area contributed by atoms with Crippen molar-refractivity contribution >= 4 is 49.8 Å². The fourth-order valence-corrected chi connectivity index (χ4v) is 7.88. The SMILES string of the molecule is c1ccc(-c2ccc(N(c3ccc4cc(-c5ccccc5)ccc4c3)c3ccc4oc5ccccc5c4c3-c3ccccc3-c3ccccc3)cc2)cc1. The molecule has 0 unspecified atom stereocenters. The molecule has 0 aliphatic carbocycles. The zero-order valence-corrected chi connectivity index (χ0v) is 29.6. The van der Waals surface area contributed by atoms with E-state index in [2.05, 4.69) is 211 Å². The first-order valence-corrected chi connectivity index (χ1v) is 18.4. The van der Waals surface area contributed by atoms with E-state index in [-0.39, 0.29) is 0 Å². The normalized spacial score (nSPS) is 11.3. The van der Waals surface area contributed by atoms with E-state index in [1.54, 1.807) is 0 Å². The second kappa shape index (κ2) is 13.4. The predicted octanol–water partition coefficient (Wildman–Crippen LogP) is 14.9. The Labute approximate surface area is 314 Å². The summed E-state index contributed by atoms with van der Waals surface area (Å²) >= 11 is 0. The van der Waals surface area contributed by atoms with Gasteiger partial charge in [0, 0.05) is 27.7 Å². The summed E-state index contributed by atoms with van der Waals surface area (Å²) in [5.41, 5.74) is 14.4. The Balaban J connectivity index is 1.24. The van der Waals surface area contributed by atoms with Crippen molar-refractivity contribution in [1.82, 2.24) is 0 Å². The van der Waals surface area contributed by atoms with Gasteiger partial charge in [-0.3, -0.25) is 0 Å². The monoisotopic (exact) mass is 689 g/mol. The smallest absolute Gasteiger partial charge is 0.136 e. The fourth-order valence-electron chi connectivity index (χ4n) is 7.88. The molecule has 1 aromatic heterocycles. The predicted molar refractivity (Wildman–Crippen MR) is 228 cm³/mol. The van der Waals surface area contributed by atoms with Crippen LogP contribution >= 0.6 is 0 Å². The molecule has 0 saturated heterocycles. The van der Waals surface area contributed by atoms with E-state index in [1.807, 2.05) is 6.07 Å². The standard InChI is InChI=1S/C52H35NO/c1-4-14-36(15-5-1)38-26-29-43(30-27-38)53(44-31-28-41-34-40(24-25-42(41)35-44)37-16-6-2-7-17-37)48-32-33-50-52(47-22-12-13-23-49(47)54-50)51(48)46-21-11-10-20-45(46)39-18-8-3-9-19-39/h1-35H. The van der Waals surface area contributed by atoms with Crippen molar-refractivity contribution in [3.8, 4) is 44.5 Å².